The van der Waals surface area contributed by atoms with Gasteiger partial charge in [0.15, 0.2) is 4.77 Å². The van der Waals surface area contributed by atoms with E-state index in [1.807, 2.05) is 67.6 Å². The first kappa shape index (κ1) is 23.0. The Morgan fingerprint density at radius 2 is 2.03 bits per heavy atom. The van der Waals surface area contributed by atoms with E-state index in [-0.39, 0.29) is 18.4 Å². The Hall–Kier alpha value is -2.68. The maximum absolute atomic E-state index is 13.5. The molecule has 0 saturated carbocycles. The van der Waals surface area contributed by atoms with Gasteiger partial charge in [-0.15, -0.1) is 0 Å². The third-order valence-electron chi connectivity index (χ3n) is 5.36. The van der Waals surface area contributed by atoms with E-state index < -0.39 is 17.6 Å². The van der Waals surface area contributed by atoms with Gasteiger partial charge < -0.3 is 19.5 Å². The van der Waals surface area contributed by atoms with Crippen LogP contribution < -0.4 is 5.32 Å². The van der Waals surface area contributed by atoms with E-state index in [9.17, 15) is 9.59 Å². The monoisotopic (exact) mass is 445 g/mol. The fraction of sp³-hybridized carbons (Fsp3) is 0.545. The van der Waals surface area contributed by atoms with Crippen molar-refractivity contribution >= 4 is 24.2 Å². The number of benzene rings is 1. The molecule has 8 nitrogen and oxygen atoms in total. The van der Waals surface area contributed by atoms with Crippen molar-refractivity contribution < 1.29 is 14.3 Å². The van der Waals surface area contributed by atoms with Crippen LogP contribution in [0.25, 0.3) is 0 Å². The molecule has 2 atom stereocenters. The van der Waals surface area contributed by atoms with Crippen LogP contribution in [0.2, 0.25) is 0 Å². The SMILES string of the molecule is Cn1c(C2CCCN(C(=O)C(CNC(=O)OC(C)(C)C)c3ccccc3)C2)n[nH]c1=S. The van der Waals surface area contributed by atoms with Crippen LogP contribution in [0.1, 0.15) is 56.8 Å². The van der Waals surface area contributed by atoms with Gasteiger partial charge in [-0.25, -0.2) is 4.79 Å². The normalized spacial score (nSPS) is 17.8. The number of likely N-dealkylation sites (tertiary alicyclic amines) is 1. The average molecular weight is 446 g/mol. The highest BCUT2D eigenvalue weighted by atomic mass is 32.1. The van der Waals surface area contributed by atoms with Crippen LogP contribution in [0.4, 0.5) is 4.79 Å². The summed E-state index contributed by atoms with van der Waals surface area (Å²) >= 11 is 5.24. The molecule has 0 spiro atoms. The third kappa shape index (κ3) is 5.94. The molecule has 0 bridgehead atoms. The zero-order valence-electron chi connectivity index (χ0n) is 18.6. The first-order chi connectivity index (χ1) is 14.7. The number of carbonyl (C=O) groups excluding carboxylic acids is 2. The van der Waals surface area contributed by atoms with Crippen molar-refractivity contribution in [2.45, 2.75) is 51.0 Å². The molecule has 1 aromatic carbocycles. The molecule has 9 heteroatoms. The van der Waals surface area contributed by atoms with Crippen LogP contribution >= 0.6 is 12.2 Å². The summed E-state index contributed by atoms with van der Waals surface area (Å²) in [6.45, 7) is 6.85. The number of hydrogen-bond acceptors (Lipinski definition) is 5. The second-order valence-corrected chi connectivity index (χ2v) is 9.30. The molecule has 1 aliphatic rings. The summed E-state index contributed by atoms with van der Waals surface area (Å²) in [5, 5.41) is 9.96. The van der Waals surface area contributed by atoms with E-state index in [2.05, 4.69) is 15.5 Å². The van der Waals surface area contributed by atoms with Crippen molar-refractivity contribution in [2.24, 2.45) is 7.05 Å². The molecule has 2 aromatic rings. The molecular weight excluding hydrogens is 414 g/mol. The minimum atomic E-state index is -0.598. The van der Waals surface area contributed by atoms with Crippen molar-refractivity contribution in [1.82, 2.24) is 25.0 Å². The fourth-order valence-corrected chi connectivity index (χ4v) is 4.00. The van der Waals surface area contributed by atoms with Crippen molar-refractivity contribution in [3.8, 4) is 0 Å². The second kappa shape index (κ2) is 9.64. The first-order valence-electron chi connectivity index (χ1n) is 10.6. The highest BCUT2D eigenvalue weighted by molar-refractivity contribution is 7.71. The highest BCUT2D eigenvalue weighted by Gasteiger charge is 2.32. The Labute approximate surface area is 188 Å². The number of nitrogens with one attached hydrogen (secondary N) is 2. The lowest BCUT2D eigenvalue weighted by Gasteiger charge is -2.34. The van der Waals surface area contributed by atoms with Crippen LogP contribution in [-0.2, 0) is 16.6 Å². The summed E-state index contributed by atoms with van der Waals surface area (Å²) < 4.78 is 7.78. The van der Waals surface area contributed by atoms with Gasteiger partial charge in [0.25, 0.3) is 0 Å². The zero-order chi connectivity index (χ0) is 22.6. The Bertz CT molecular complexity index is 964. The van der Waals surface area contributed by atoms with Crippen LogP contribution in [-0.4, -0.2) is 56.9 Å². The van der Waals surface area contributed by atoms with Gasteiger partial charge in [0, 0.05) is 32.6 Å². The Kier molecular flexibility index (Phi) is 7.15. The Balaban J connectivity index is 1.75. The van der Waals surface area contributed by atoms with Gasteiger partial charge in [-0.3, -0.25) is 9.89 Å². The lowest BCUT2D eigenvalue weighted by Crippen LogP contribution is -2.45. The summed E-state index contributed by atoms with van der Waals surface area (Å²) in [7, 11) is 1.89. The van der Waals surface area contributed by atoms with Gasteiger partial charge in [0.2, 0.25) is 5.91 Å². The van der Waals surface area contributed by atoms with Gasteiger partial charge in [-0.1, -0.05) is 30.3 Å². The summed E-state index contributed by atoms with van der Waals surface area (Å²) in [5.74, 6) is 0.482. The van der Waals surface area contributed by atoms with Crippen LogP contribution in [0.3, 0.4) is 0 Å². The number of alkyl carbamates (subject to hydrolysis) is 1. The highest BCUT2D eigenvalue weighted by Crippen LogP contribution is 2.28. The number of hydrogen-bond donors (Lipinski definition) is 2. The molecular formula is C22H31N5O3S. The number of aromatic nitrogens is 3. The van der Waals surface area contributed by atoms with Crippen molar-refractivity contribution in [3.63, 3.8) is 0 Å². The van der Waals surface area contributed by atoms with Crippen LogP contribution in [0, 0.1) is 4.77 Å². The molecule has 2 N–H and O–H groups in total. The number of H-pyrrole nitrogens is 1. The van der Waals surface area contributed by atoms with Gasteiger partial charge in [-0.05, 0) is 51.4 Å². The molecule has 168 valence electrons. The third-order valence-corrected chi connectivity index (χ3v) is 5.73. The van der Waals surface area contributed by atoms with E-state index in [1.165, 1.54) is 0 Å². The maximum Gasteiger partial charge on any atom is 0.407 e. The van der Waals surface area contributed by atoms with E-state index in [0.29, 0.717) is 17.9 Å². The first-order valence-corrected chi connectivity index (χ1v) is 11.0. The van der Waals surface area contributed by atoms with Gasteiger partial charge in [0.05, 0.1) is 5.92 Å². The van der Waals surface area contributed by atoms with Crippen molar-refractivity contribution in [2.75, 3.05) is 19.6 Å². The zero-order valence-corrected chi connectivity index (χ0v) is 19.4. The molecule has 0 aliphatic carbocycles. The molecule has 1 fully saturated rings. The Morgan fingerprint density at radius 1 is 1.32 bits per heavy atom. The largest absolute Gasteiger partial charge is 0.444 e. The van der Waals surface area contributed by atoms with Crippen molar-refractivity contribution in [1.29, 1.82) is 0 Å². The number of amides is 2. The number of ether oxygens (including phenoxy) is 1. The lowest BCUT2D eigenvalue weighted by atomic mass is 9.93. The number of aromatic amines is 1. The summed E-state index contributed by atoms with van der Waals surface area (Å²) in [6, 6.07) is 9.54. The standard InChI is InChI=1S/C22H31N5O3S/c1-22(2,3)30-21(29)23-13-17(15-9-6-5-7-10-15)19(28)27-12-8-11-16(14-27)18-24-25-20(31)26(18)4/h5-7,9-10,16-17H,8,11-14H2,1-4H3,(H,23,29)(H,25,31). The molecule has 1 saturated heterocycles. The summed E-state index contributed by atoms with van der Waals surface area (Å²) in [5.41, 5.74) is 0.267. The maximum atomic E-state index is 13.5. The number of nitrogens with zero attached hydrogens (tertiary/aromatic N) is 3. The molecule has 2 heterocycles. The van der Waals surface area contributed by atoms with E-state index in [4.69, 9.17) is 17.0 Å². The predicted molar refractivity (Wildman–Crippen MR) is 120 cm³/mol. The minimum Gasteiger partial charge on any atom is -0.444 e. The smallest absolute Gasteiger partial charge is 0.407 e. The lowest BCUT2D eigenvalue weighted by molar-refractivity contribution is -0.134. The topological polar surface area (TPSA) is 92.2 Å². The number of piperidine rings is 1. The number of rotatable bonds is 5. The van der Waals surface area contributed by atoms with E-state index >= 15 is 0 Å². The molecule has 31 heavy (non-hydrogen) atoms. The van der Waals surface area contributed by atoms with E-state index in [0.717, 1.165) is 24.2 Å². The van der Waals surface area contributed by atoms with E-state index in [1.54, 1.807) is 0 Å². The summed E-state index contributed by atoms with van der Waals surface area (Å²) in [4.78, 5) is 27.6. The second-order valence-electron chi connectivity index (χ2n) is 8.92. The molecule has 3 rings (SSSR count). The molecule has 0 radical (unpaired) electrons. The van der Waals surface area contributed by atoms with Crippen LogP contribution in [0.15, 0.2) is 30.3 Å². The molecule has 2 unspecified atom stereocenters. The summed E-state index contributed by atoms with van der Waals surface area (Å²) in [6.07, 6.45) is 1.31. The van der Waals surface area contributed by atoms with Gasteiger partial charge >= 0.3 is 6.09 Å². The molecule has 1 aliphatic heterocycles. The molecule has 1 aromatic heterocycles. The van der Waals surface area contributed by atoms with Crippen LogP contribution in [0.5, 0.6) is 0 Å². The number of carbonyl (C=O) groups is 2. The fourth-order valence-electron chi connectivity index (χ4n) is 3.87. The molecule has 2 amide bonds. The quantitative estimate of drug-likeness (QED) is 0.688. The minimum absolute atomic E-state index is 0.0104. The van der Waals surface area contributed by atoms with Gasteiger partial charge in [0.1, 0.15) is 11.4 Å². The Morgan fingerprint density at radius 3 is 2.65 bits per heavy atom. The van der Waals surface area contributed by atoms with Crippen molar-refractivity contribution in [3.05, 3.63) is 46.5 Å². The predicted octanol–water partition coefficient (Wildman–Crippen LogP) is 3.49. The average Bonchev–Trinajstić information content (AvgIpc) is 3.06. The van der Waals surface area contributed by atoms with Gasteiger partial charge in [-0.2, -0.15) is 5.10 Å².